The lowest BCUT2D eigenvalue weighted by Gasteiger charge is -2.32. The summed E-state index contributed by atoms with van der Waals surface area (Å²) in [5, 5.41) is 2.33. The van der Waals surface area contributed by atoms with E-state index in [0.29, 0.717) is 38.3 Å². The van der Waals surface area contributed by atoms with E-state index in [9.17, 15) is 14.4 Å². The van der Waals surface area contributed by atoms with Gasteiger partial charge >= 0.3 is 5.69 Å². The summed E-state index contributed by atoms with van der Waals surface area (Å²) in [7, 11) is 1.70. The number of imide groups is 1. The molecule has 10 heteroatoms. The van der Waals surface area contributed by atoms with E-state index < -0.39 is 11.9 Å². The van der Waals surface area contributed by atoms with Crippen LogP contribution in [0.2, 0.25) is 0 Å². The molecule has 2 aromatic rings. The standard InChI is InChI=1S/C22H31N5O5/c1-25-19-12-15(6-9-31-10-7-26-8-11-32-16(13-23)14-26)2-3-17(19)27(22(25)30)18-4-5-20(28)24-21(18)29/h2-3,12,16,18H,4-11,13-14,23H2,1H3,(H,24,28,29)/t16-,18?/m0/s1. The fourth-order valence-electron chi connectivity index (χ4n) is 4.41. The molecule has 3 heterocycles. The van der Waals surface area contributed by atoms with Gasteiger partial charge in [0.1, 0.15) is 6.04 Å². The maximum atomic E-state index is 12.8. The van der Waals surface area contributed by atoms with Crippen LogP contribution in [0.3, 0.4) is 0 Å². The molecular weight excluding hydrogens is 414 g/mol. The maximum Gasteiger partial charge on any atom is 0.329 e. The Morgan fingerprint density at radius 1 is 1.22 bits per heavy atom. The molecule has 2 amide bonds. The van der Waals surface area contributed by atoms with Gasteiger partial charge in [0, 0.05) is 39.6 Å². The molecule has 1 aromatic heterocycles. The van der Waals surface area contributed by atoms with Crippen LogP contribution in [-0.2, 0) is 32.5 Å². The predicted octanol–water partition coefficient (Wildman–Crippen LogP) is -0.464. The first-order chi connectivity index (χ1) is 15.5. The van der Waals surface area contributed by atoms with Gasteiger partial charge in [0.05, 0.1) is 37.0 Å². The molecule has 10 nitrogen and oxygen atoms in total. The molecule has 1 unspecified atom stereocenters. The summed E-state index contributed by atoms with van der Waals surface area (Å²) in [5.41, 5.74) is 7.94. The van der Waals surface area contributed by atoms with Crippen molar-refractivity contribution >= 4 is 22.8 Å². The smallest absolute Gasteiger partial charge is 0.329 e. The highest BCUT2D eigenvalue weighted by Crippen LogP contribution is 2.23. The summed E-state index contributed by atoms with van der Waals surface area (Å²) < 4.78 is 14.4. The monoisotopic (exact) mass is 445 g/mol. The van der Waals surface area contributed by atoms with Crippen molar-refractivity contribution in [1.29, 1.82) is 0 Å². The number of rotatable bonds is 8. The molecule has 0 radical (unpaired) electrons. The van der Waals surface area contributed by atoms with Crippen LogP contribution in [-0.4, -0.2) is 78.0 Å². The Morgan fingerprint density at radius 3 is 2.84 bits per heavy atom. The highest BCUT2D eigenvalue weighted by atomic mass is 16.5. The molecule has 0 bridgehead atoms. The van der Waals surface area contributed by atoms with Crippen molar-refractivity contribution in [2.75, 3.05) is 46.0 Å². The third kappa shape index (κ3) is 4.78. The van der Waals surface area contributed by atoms with E-state index in [4.69, 9.17) is 15.2 Å². The average molecular weight is 446 g/mol. The first-order valence-electron chi connectivity index (χ1n) is 11.1. The van der Waals surface area contributed by atoms with Gasteiger partial charge in [0.15, 0.2) is 0 Å². The van der Waals surface area contributed by atoms with E-state index in [1.807, 2.05) is 18.2 Å². The number of fused-ring (bicyclic) bond motifs is 1. The second kappa shape index (κ2) is 9.95. The number of morpholine rings is 1. The van der Waals surface area contributed by atoms with Gasteiger partial charge < -0.3 is 15.2 Å². The van der Waals surface area contributed by atoms with Crippen LogP contribution >= 0.6 is 0 Å². The second-order valence-electron chi connectivity index (χ2n) is 8.39. The van der Waals surface area contributed by atoms with Crippen LogP contribution in [0.1, 0.15) is 24.4 Å². The summed E-state index contributed by atoms with van der Waals surface area (Å²) in [4.78, 5) is 38.9. The lowest BCUT2D eigenvalue weighted by Crippen LogP contribution is -2.46. The minimum atomic E-state index is -0.669. The van der Waals surface area contributed by atoms with Gasteiger partial charge in [-0.05, 0) is 30.5 Å². The van der Waals surface area contributed by atoms with Gasteiger partial charge in [-0.3, -0.25) is 28.9 Å². The van der Waals surface area contributed by atoms with Gasteiger partial charge in [-0.2, -0.15) is 0 Å². The van der Waals surface area contributed by atoms with Gasteiger partial charge in [-0.15, -0.1) is 0 Å². The third-order valence-electron chi connectivity index (χ3n) is 6.25. The summed E-state index contributed by atoms with van der Waals surface area (Å²) >= 11 is 0. The summed E-state index contributed by atoms with van der Waals surface area (Å²) in [6.45, 7) is 5.06. The van der Waals surface area contributed by atoms with Crippen LogP contribution in [0.4, 0.5) is 0 Å². The number of piperidine rings is 1. The second-order valence-corrected chi connectivity index (χ2v) is 8.39. The molecule has 2 atom stereocenters. The van der Waals surface area contributed by atoms with Crippen molar-refractivity contribution in [2.45, 2.75) is 31.4 Å². The Labute approximate surface area is 186 Å². The zero-order valence-corrected chi connectivity index (χ0v) is 18.4. The van der Waals surface area contributed by atoms with Crippen LogP contribution in [0, 0.1) is 0 Å². The minimum Gasteiger partial charge on any atom is -0.380 e. The van der Waals surface area contributed by atoms with E-state index in [2.05, 4.69) is 10.2 Å². The van der Waals surface area contributed by atoms with Crippen molar-refractivity contribution in [2.24, 2.45) is 12.8 Å². The van der Waals surface area contributed by atoms with Gasteiger partial charge in [-0.1, -0.05) is 6.07 Å². The highest BCUT2D eigenvalue weighted by Gasteiger charge is 2.31. The summed E-state index contributed by atoms with van der Waals surface area (Å²) in [6, 6.07) is 5.13. The quantitative estimate of drug-likeness (QED) is 0.416. The number of ether oxygens (including phenoxy) is 2. The first-order valence-corrected chi connectivity index (χ1v) is 11.1. The van der Waals surface area contributed by atoms with Crippen LogP contribution in [0.5, 0.6) is 0 Å². The number of nitrogens with two attached hydrogens (primary N) is 1. The van der Waals surface area contributed by atoms with Gasteiger partial charge in [-0.25, -0.2) is 4.79 Å². The number of hydrogen-bond acceptors (Lipinski definition) is 7. The fourth-order valence-corrected chi connectivity index (χ4v) is 4.41. The molecule has 2 fully saturated rings. The fraction of sp³-hybridized carbons (Fsp3) is 0.591. The molecule has 2 aliphatic rings. The predicted molar refractivity (Wildman–Crippen MR) is 118 cm³/mol. The van der Waals surface area contributed by atoms with E-state index in [0.717, 1.165) is 37.1 Å². The Morgan fingerprint density at radius 2 is 2.06 bits per heavy atom. The molecule has 2 saturated heterocycles. The Kier molecular flexibility index (Phi) is 7.04. The average Bonchev–Trinajstić information content (AvgIpc) is 3.04. The van der Waals surface area contributed by atoms with E-state index in [-0.39, 0.29) is 24.1 Å². The lowest BCUT2D eigenvalue weighted by atomic mass is 10.1. The zero-order chi connectivity index (χ0) is 22.7. The molecule has 32 heavy (non-hydrogen) atoms. The molecule has 0 spiro atoms. The highest BCUT2D eigenvalue weighted by molar-refractivity contribution is 6.00. The van der Waals surface area contributed by atoms with E-state index in [1.54, 1.807) is 11.6 Å². The minimum absolute atomic E-state index is 0.106. The molecule has 2 aliphatic heterocycles. The third-order valence-corrected chi connectivity index (χ3v) is 6.25. The van der Waals surface area contributed by atoms with Gasteiger partial charge in [0.2, 0.25) is 11.8 Å². The lowest BCUT2D eigenvalue weighted by molar-refractivity contribution is -0.135. The number of nitrogens with zero attached hydrogens (tertiary/aromatic N) is 3. The number of nitrogens with one attached hydrogen (secondary N) is 1. The Bertz CT molecular complexity index is 1050. The van der Waals surface area contributed by atoms with E-state index >= 15 is 0 Å². The SMILES string of the molecule is Cn1c(=O)n(C2CCC(=O)NC2=O)c2ccc(CCOCCN3CCO[C@@H](CN)C3)cc21. The number of carbonyl (C=O) groups is 2. The summed E-state index contributed by atoms with van der Waals surface area (Å²) in [6.07, 6.45) is 1.39. The number of benzene rings is 1. The van der Waals surface area contributed by atoms with Crippen molar-refractivity contribution in [3.63, 3.8) is 0 Å². The number of aryl methyl sites for hydroxylation is 1. The maximum absolute atomic E-state index is 12.8. The number of aromatic nitrogens is 2. The molecule has 1 aromatic carbocycles. The number of imidazole rings is 1. The Balaban J connectivity index is 1.36. The summed E-state index contributed by atoms with van der Waals surface area (Å²) in [5.74, 6) is -0.721. The largest absolute Gasteiger partial charge is 0.380 e. The number of amides is 2. The van der Waals surface area contributed by atoms with Crippen molar-refractivity contribution in [3.8, 4) is 0 Å². The van der Waals surface area contributed by atoms with Crippen molar-refractivity contribution in [3.05, 3.63) is 34.2 Å². The molecular formula is C22H31N5O5. The van der Waals surface area contributed by atoms with Crippen LogP contribution < -0.4 is 16.7 Å². The van der Waals surface area contributed by atoms with E-state index in [1.165, 1.54) is 4.57 Å². The van der Waals surface area contributed by atoms with Crippen LogP contribution in [0.25, 0.3) is 11.0 Å². The molecule has 4 rings (SSSR count). The van der Waals surface area contributed by atoms with Crippen molar-refractivity contribution in [1.82, 2.24) is 19.4 Å². The molecule has 0 aliphatic carbocycles. The van der Waals surface area contributed by atoms with Crippen LogP contribution in [0.15, 0.2) is 23.0 Å². The number of hydrogen-bond donors (Lipinski definition) is 2. The number of carbonyl (C=O) groups excluding carboxylic acids is 2. The topological polar surface area (TPSA) is 121 Å². The first kappa shape index (κ1) is 22.7. The van der Waals surface area contributed by atoms with Crippen molar-refractivity contribution < 1.29 is 19.1 Å². The molecule has 3 N–H and O–H groups in total. The van der Waals surface area contributed by atoms with Gasteiger partial charge in [0.25, 0.3) is 0 Å². The molecule has 0 saturated carbocycles. The normalized spacial score (nSPS) is 22.4. The zero-order valence-electron chi connectivity index (χ0n) is 18.4. The Hall–Kier alpha value is -2.53. The molecule has 174 valence electrons.